The Bertz CT molecular complexity index is 72.5. The molecule has 0 aromatic rings. The predicted molar refractivity (Wildman–Crippen MR) is 83.0 cm³/mol. The summed E-state index contributed by atoms with van der Waals surface area (Å²) in [6.45, 7) is 19.1. The number of rotatable bonds is 9. The fourth-order valence-corrected chi connectivity index (χ4v) is 1.66. The summed E-state index contributed by atoms with van der Waals surface area (Å²) in [7, 11) is 0. The minimum Gasteiger partial charge on any atom is -0.335 e. The molecule has 1 N–H and O–H groups in total. The number of hydrogen-bond donors (Lipinski definition) is 1. The van der Waals surface area contributed by atoms with E-state index in [0.29, 0.717) is 0 Å². The van der Waals surface area contributed by atoms with Crippen molar-refractivity contribution in [3.05, 3.63) is 0 Å². The van der Waals surface area contributed by atoms with Crippen LogP contribution in [0.2, 0.25) is 0 Å². The van der Waals surface area contributed by atoms with Crippen LogP contribution in [0, 0.1) is 0 Å². The Labute approximate surface area is 112 Å². The van der Waals surface area contributed by atoms with E-state index >= 15 is 0 Å². The maximum atomic E-state index is 2.29. The van der Waals surface area contributed by atoms with Crippen LogP contribution in [0.25, 0.3) is 0 Å². The van der Waals surface area contributed by atoms with Crippen molar-refractivity contribution in [1.82, 2.24) is 0 Å². The Kier molecular flexibility index (Phi) is 32.6. The van der Waals surface area contributed by atoms with Crippen LogP contribution in [0.15, 0.2) is 0 Å². The highest BCUT2D eigenvalue weighted by atomic mass is 15.1. The van der Waals surface area contributed by atoms with Gasteiger partial charge in [0, 0.05) is 0 Å². The molecule has 0 atom stereocenters. The number of unbranched alkanes of at least 4 members (excludes halogenated alkanes) is 3. The normalized spacial score (nSPS) is 9.18. The van der Waals surface area contributed by atoms with E-state index in [4.69, 9.17) is 0 Å². The highest BCUT2D eigenvalue weighted by Crippen LogP contribution is 1.85. The van der Waals surface area contributed by atoms with Gasteiger partial charge in [-0.1, -0.05) is 67.7 Å². The molecule has 1 heteroatoms. The predicted octanol–water partition coefficient (Wildman–Crippen LogP) is 4.32. The summed E-state index contributed by atoms with van der Waals surface area (Å²) < 4.78 is 0. The molecule has 0 aliphatic rings. The largest absolute Gasteiger partial charge is 0.335 e. The summed E-state index contributed by atoms with van der Waals surface area (Å²) in [5, 5.41) is 0. The van der Waals surface area contributed by atoms with E-state index in [0.717, 1.165) is 0 Å². The lowest BCUT2D eigenvalue weighted by Crippen LogP contribution is -3.12. The molecule has 0 heterocycles. The van der Waals surface area contributed by atoms with Crippen LogP contribution in [0.3, 0.4) is 0 Å². The van der Waals surface area contributed by atoms with E-state index in [-0.39, 0.29) is 0 Å². The van der Waals surface area contributed by atoms with Gasteiger partial charge >= 0.3 is 0 Å². The molecule has 0 bridgehead atoms. The van der Waals surface area contributed by atoms with Crippen LogP contribution < -0.4 is 4.90 Å². The zero-order chi connectivity index (χ0) is 13.9. The summed E-state index contributed by atoms with van der Waals surface area (Å²) in [4.78, 5) is 1.84. The molecule has 0 aliphatic heterocycles. The van der Waals surface area contributed by atoms with E-state index < -0.39 is 0 Å². The van der Waals surface area contributed by atoms with Gasteiger partial charge in [-0.3, -0.25) is 0 Å². The third-order valence-electron chi connectivity index (χ3n) is 2.65. The summed E-state index contributed by atoms with van der Waals surface area (Å²) in [6.07, 6.45) is 8.26. The molecule has 0 saturated heterocycles. The van der Waals surface area contributed by atoms with Gasteiger partial charge in [0.25, 0.3) is 0 Å². The molecule has 17 heavy (non-hydrogen) atoms. The highest BCUT2D eigenvalue weighted by molar-refractivity contribution is 4.37. The quantitative estimate of drug-likeness (QED) is 0.618. The lowest BCUT2D eigenvalue weighted by molar-refractivity contribution is -0.900. The number of nitrogens with one attached hydrogen (secondary N) is 1. The minimum atomic E-state index is 1.35. The van der Waals surface area contributed by atoms with E-state index in [2.05, 4.69) is 20.8 Å². The van der Waals surface area contributed by atoms with Crippen molar-refractivity contribution in [2.75, 3.05) is 19.6 Å². The molecule has 0 fully saturated rings. The van der Waals surface area contributed by atoms with Gasteiger partial charge in [-0.15, -0.1) is 0 Å². The highest BCUT2D eigenvalue weighted by Gasteiger charge is 2.05. The average Bonchev–Trinajstić information content (AvgIpc) is 2.42. The van der Waals surface area contributed by atoms with Crippen LogP contribution in [-0.2, 0) is 0 Å². The molecular formula is C16H40N+. The zero-order valence-electron chi connectivity index (χ0n) is 13.9. The lowest BCUT2D eigenvalue weighted by atomic mass is 10.2. The first-order chi connectivity index (χ1) is 8.35. The Hall–Kier alpha value is -0.0400. The minimum absolute atomic E-state index is 1.35. The van der Waals surface area contributed by atoms with Crippen molar-refractivity contribution < 1.29 is 4.90 Å². The van der Waals surface area contributed by atoms with Crippen LogP contribution in [-0.4, -0.2) is 19.6 Å². The van der Waals surface area contributed by atoms with Gasteiger partial charge in [-0.05, 0) is 19.3 Å². The van der Waals surface area contributed by atoms with Gasteiger partial charge in [0.05, 0.1) is 19.6 Å². The van der Waals surface area contributed by atoms with Crippen molar-refractivity contribution >= 4 is 0 Å². The summed E-state index contributed by atoms with van der Waals surface area (Å²) in [5.41, 5.74) is 0. The van der Waals surface area contributed by atoms with E-state index in [1.807, 2.05) is 32.6 Å². The van der Waals surface area contributed by atoms with E-state index in [1.165, 1.54) is 58.2 Å². The Balaban J connectivity index is -0.000000439. The van der Waals surface area contributed by atoms with Crippen molar-refractivity contribution in [2.45, 2.75) is 87.0 Å². The van der Waals surface area contributed by atoms with Crippen LogP contribution in [0.1, 0.15) is 87.0 Å². The molecule has 0 radical (unpaired) electrons. The van der Waals surface area contributed by atoms with Gasteiger partial charge in [-0.25, -0.2) is 0 Å². The summed E-state index contributed by atoms with van der Waals surface area (Å²) >= 11 is 0. The monoisotopic (exact) mass is 246 g/mol. The molecule has 1 nitrogen and oxygen atoms in total. The maximum absolute atomic E-state index is 2.29. The topological polar surface area (TPSA) is 4.44 Å². The Morgan fingerprint density at radius 1 is 0.529 bits per heavy atom. The molecular weight excluding hydrogens is 206 g/mol. The SMILES string of the molecule is CC.CC.CCCC[NH+](CCCC)CCCC. The van der Waals surface area contributed by atoms with Crippen LogP contribution in [0.5, 0.6) is 0 Å². The molecule has 0 spiro atoms. The zero-order valence-corrected chi connectivity index (χ0v) is 13.9. The van der Waals surface area contributed by atoms with Gasteiger partial charge in [0.1, 0.15) is 0 Å². The second-order valence-electron chi connectivity index (χ2n) is 4.06. The number of quaternary nitrogens is 1. The van der Waals surface area contributed by atoms with Crippen LogP contribution in [0.4, 0.5) is 0 Å². The van der Waals surface area contributed by atoms with Crippen molar-refractivity contribution in [2.24, 2.45) is 0 Å². The second-order valence-corrected chi connectivity index (χ2v) is 4.06. The lowest BCUT2D eigenvalue weighted by Gasteiger charge is -2.18. The van der Waals surface area contributed by atoms with E-state index in [9.17, 15) is 0 Å². The number of hydrogen-bond acceptors (Lipinski definition) is 0. The third-order valence-corrected chi connectivity index (χ3v) is 2.65. The Morgan fingerprint density at radius 3 is 0.941 bits per heavy atom. The third kappa shape index (κ3) is 21.7. The van der Waals surface area contributed by atoms with Gasteiger partial charge in [0.15, 0.2) is 0 Å². The van der Waals surface area contributed by atoms with Gasteiger partial charge < -0.3 is 4.90 Å². The van der Waals surface area contributed by atoms with Crippen molar-refractivity contribution in [3.63, 3.8) is 0 Å². The van der Waals surface area contributed by atoms with Gasteiger partial charge in [-0.2, -0.15) is 0 Å². The fourth-order valence-electron chi connectivity index (χ4n) is 1.66. The smallest absolute Gasteiger partial charge is 0.0770 e. The second kappa shape index (κ2) is 25.0. The summed E-state index contributed by atoms with van der Waals surface area (Å²) in [5.74, 6) is 0. The molecule has 108 valence electrons. The fraction of sp³-hybridized carbons (Fsp3) is 1.00. The molecule has 0 aromatic carbocycles. The first kappa shape index (κ1) is 22.2. The molecule has 0 aromatic heterocycles. The maximum Gasteiger partial charge on any atom is 0.0770 e. The van der Waals surface area contributed by atoms with Gasteiger partial charge in [0.2, 0.25) is 0 Å². The molecule has 0 unspecified atom stereocenters. The first-order valence-electron chi connectivity index (χ1n) is 8.18. The standard InChI is InChI=1S/C12H27N.2C2H6/c1-4-7-10-13(11-8-5-2)12-9-6-3;2*1-2/h4-12H2,1-3H3;2*1-2H3/p+1. The van der Waals surface area contributed by atoms with E-state index in [1.54, 1.807) is 0 Å². The molecule has 0 rings (SSSR count). The summed E-state index contributed by atoms with van der Waals surface area (Å²) in [6, 6.07) is 0. The molecule has 0 amide bonds. The molecule has 0 aliphatic carbocycles. The van der Waals surface area contributed by atoms with Crippen LogP contribution >= 0.6 is 0 Å². The average molecular weight is 247 g/mol. The van der Waals surface area contributed by atoms with Crippen molar-refractivity contribution in [3.8, 4) is 0 Å². The Morgan fingerprint density at radius 2 is 0.765 bits per heavy atom. The first-order valence-corrected chi connectivity index (χ1v) is 8.18. The molecule has 0 saturated carbocycles. The van der Waals surface area contributed by atoms with Crippen molar-refractivity contribution in [1.29, 1.82) is 0 Å².